The first-order valence-corrected chi connectivity index (χ1v) is 3.86. The van der Waals surface area contributed by atoms with E-state index in [2.05, 4.69) is 0 Å². The molecule has 1 atom stereocenters. The molecule has 0 heterocycles. The first-order chi connectivity index (χ1) is 6.20. The highest BCUT2D eigenvalue weighted by molar-refractivity contribution is 5.73. The molecule has 1 aromatic rings. The summed E-state index contributed by atoms with van der Waals surface area (Å²) in [5.74, 6) is -0.435. The molecule has 70 valence electrons. The molecule has 0 aliphatic rings. The number of hydrogen-bond acceptors (Lipinski definition) is 3. The predicted molar refractivity (Wildman–Crippen MR) is 47.5 cm³/mol. The van der Waals surface area contributed by atoms with Crippen LogP contribution in [0.3, 0.4) is 0 Å². The van der Waals surface area contributed by atoms with E-state index >= 15 is 0 Å². The maximum absolute atomic E-state index is 10.3. The Morgan fingerprint density at radius 2 is 2.08 bits per heavy atom. The van der Waals surface area contributed by atoms with Crippen molar-refractivity contribution in [1.29, 1.82) is 0 Å². The van der Waals surface area contributed by atoms with E-state index in [0.717, 1.165) is 0 Å². The van der Waals surface area contributed by atoms with Gasteiger partial charge in [-0.05, 0) is 12.1 Å². The summed E-state index contributed by atoms with van der Waals surface area (Å²) in [4.78, 5) is 10.3. The quantitative estimate of drug-likeness (QED) is 0.708. The standard InChI is InChI=1S/C9H11NO3/c10-8(9(11)12)6-13-7-4-2-1-3-5-7/h1-5,8H,6,10H2,(H,11,12)/t8-/m1/s1. The van der Waals surface area contributed by atoms with Gasteiger partial charge in [-0.3, -0.25) is 4.79 Å². The van der Waals surface area contributed by atoms with Crippen LogP contribution in [-0.4, -0.2) is 23.7 Å². The molecule has 0 saturated carbocycles. The summed E-state index contributed by atoms with van der Waals surface area (Å²) in [6.07, 6.45) is 0. The summed E-state index contributed by atoms with van der Waals surface area (Å²) >= 11 is 0. The molecule has 0 aliphatic carbocycles. The van der Waals surface area contributed by atoms with Crippen LogP contribution in [0.2, 0.25) is 0 Å². The number of hydrogen-bond donors (Lipinski definition) is 2. The van der Waals surface area contributed by atoms with Crippen molar-refractivity contribution in [2.45, 2.75) is 6.04 Å². The first kappa shape index (κ1) is 9.54. The summed E-state index contributed by atoms with van der Waals surface area (Å²) in [7, 11) is 0. The lowest BCUT2D eigenvalue weighted by atomic mass is 10.3. The lowest BCUT2D eigenvalue weighted by Gasteiger charge is -2.08. The molecule has 1 aromatic carbocycles. The molecule has 0 bridgehead atoms. The van der Waals surface area contributed by atoms with Crippen molar-refractivity contribution in [2.75, 3.05) is 6.61 Å². The molecule has 1 rings (SSSR count). The number of carboxylic acids is 1. The van der Waals surface area contributed by atoms with Crippen LogP contribution in [0.5, 0.6) is 5.75 Å². The fourth-order valence-corrected chi connectivity index (χ4v) is 0.774. The van der Waals surface area contributed by atoms with Crippen LogP contribution < -0.4 is 10.5 Å². The van der Waals surface area contributed by atoms with Gasteiger partial charge in [0.2, 0.25) is 0 Å². The molecule has 4 heteroatoms. The third kappa shape index (κ3) is 3.13. The van der Waals surface area contributed by atoms with Crippen LogP contribution in [0.25, 0.3) is 0 Å². The molecule has 0 amide bonds. The summed E-state index contributed by atoms with van der Waals surface area (Å²) < 4.78 is 5.12. The molecule has 0 unspecified atom stereocenters. The van der Waals surface area contributed by atoms with E-state index in [0.29, 0.717) is 5.75 Å². The number of carbonyl (C=O) groups is 1. The first-order valence-electron chi connectivity index (χ1n) is 3.86. The zero-order valence-electron chi connectivity index (χ0n) is 7.01. The predicted octanol–water partition coefficient (Wildman–Crippen LogP) is 0.477. The van der Waals surface area contributed by atoms with Gasteiger partial charge in [0.1, 0.15) is 18.4 Å². The molecule has 0 spiro atoms. The van der Waals surface area contributed by atoms with E-state index in [1.54, 1.807) is 12.1 Å². The Kier molecular flexibility index (Phi) is 3.28. The molecular weight excluding hydrogens is 170 g/mol. The van der Waals surface area contributed by atoms with Crippen molar-refractivity contribution < 1.29 is 14.6 Å². The SMILES string of the molecule is N[C@H](COc1ccccc1)C(=O)O. The molecule has 4 nitrogen and oxygen atoms in total. The fourth-order valence-electron chi connectivity index (χ4n) is 0.774. The Morgan fingerprint density at radius 3 is 2.62 bits per heavy atom. The molecule has 3 N–H and O–H groups in total. The maximum Gasteiger partial charge on any atom is 0.324 e. The zero-order valence-corrected chi connectivity index (χ0v) is 7.01. The van der Waals surface area contributed by atoms with E-state index in [4.69, 9.17) is 15.6 Å². The van der Waals surface area contributed by atoms with Crippen LogP contribution >= 0.6 is 0 Å². The van der Waals surface area contributed by atoms with Gasteiger partial charge in [0.05, 0.1) is 0 Å². The molecule has 13 heavy (non-hydrogen) atoms. The summed E-state index contributed by atoms with van der Waals surface area (Å²) in [5.41, 5.74) is 5.24. The Bertz CT molecular complexity index is 273. The van der Waals surface area contributed by atoms with E-state index in [1.807, 2.05) is 18.2 Å². The largest absolute Gasteiger partial charge is 0.491 e. The highest BCUT2D eigenvalue weighted by atomic mass is 16.5. The van der Waals surface area contributed by atoms with Gasteiger partial charge in [0.25, 0.3) is 0 Å². The molecule has 0 saturated heterocycles. The van der Waals surface area contributed by atoms with Gasteiger partial charge in [-0.2, -0.15) is 0 Å². The molecule has 0 aliphatic heterocycles. The second-order valence-corrected chi connectivity index (χ2v) is 2.57. The lowest BCUT2D eigenvalue weighted by molar-refractivity contribution is -0.139. The highest BCUT2D eigenvalue weighted by Gasteiger charge is 2.11. The maximum atomic E-state index is 10.3. The summed E-state index contributed by atoms with van der Waals surface area (Å²) in [5, 5.41) is 8.46. The second-order valence-electron chi connectivity index (χ2n) is 2.57. The monoisotopic (exact) mass is 181 g/mol. The lowest BCUT2D eigenvalue weighted by Crippen LogP contribution is -2.36. The zero-order chi connectivity index (χ0) is 9.68. The van der Waals surface area contributed by atoms with Crippen molar-refractivity contribution in [1.82, 2.24) is 0 Å². The molecule has 0 radical (unpaired) electrons. The Balaban J connectivity index is 2.39. The van der Waals surface area contributed by atoms with Crippen molar-refractivity contribution in [2.24, 2.45) is 5.73 Å². The topological polar surface area (TPSA) is 72.5 Å². The molecule has 0 fully saturated rings. The van der Waals surface area contributed by atoms with Crippen LogP contribution in [0, 0.1) is 0 Å². The number of para-hydroxylation sites is 1. The van der Waals surface area contributed by atoms with Crippen molar-refractivity contribution in [3.63, 3.8) is 0 Å². The van der Waals surface area contributed by atoms with E-state index in [-0.39, 0.29) is 6.61 Å². The van der Waals surface area contributed by atoms with Gasteiger partial charge in [0, 0.05) is 0 Å². The number of carboxylic acid groups (broad SMARTS) is 1. The van der Waals surface area contributed by atoms with Crippen LogP contribution in [0.1, 0.15) is 0 Å². The van der Waals surface area contributed by atoms with Gasteiger partial charge < -0.3 is 15.6 Å². The van der Waals surface area contributed by atoms with Crippen LogP contribution in [0.4, 0.5) is 0 Å². The number of aliphatic carboxylic acids is 1. The van der Waals surface area contributed by atoms with Crippen molar-refractivity contribution in [3.8, 4) is 5.75 Å². The number of benzene rings is 1. The second kappa shape index (κ2) is 4.47. The minimum atomic E-state index is -1.06. The van der Waals surface area contributed by atoms with E-state index < -0.39 is 12.0 Å². The average molecular weight is 181 g/mol. The third-order valence-corrected chi connectivity index (χ3v) is 1.49. The minimum Gasteiger partial charge on any atom is -0.491 e. The number of nitrogens with two attached hydrogens (primary N) is 1. The highest BCUT2D eigenvalue weighted by Crippen LogP contribution is 2.07. The average Bonchev–Trinajstić information content (AvgIpc) is 2.15. The van der Waals surface area contributed by atoms with Gasteiger partial charge in [-0.1, -0.05) is 18.2 Å². The van der Waals surface area contributed by atoms with Gasteiger partial charge in [0.15, 0.2) is 0 Å². The number of rotatable bonds is 4. The molecular formula is C9H11NO3. The normalized spacial score (nSPS) is 12.1. The van der Waals surface area contributed by atoms with Crippen LogP contribution in [-0.2, 0) is 4.79 Å². The van der Waals surface area contributed by atoms with Crippen molar-refractivity contribution >= 4 is 5.97 Å². The Morgan fingerprint density at radius 1 is 1.46 bits per heavy atom. The van der Waals surface area contributed by atoms with Gasteiger partial charge >= 0.3 is 5.97 Å². The van der Waals surface area contributed by atoms with E-state index in [9.17, 15) is 4.79 Å². The van der Waals surface area contributed by atoms with E-state index in [1.165, 1.54) is 0 Å². The Hall–Kier alpha value is -1.55. The summed E-state index contributed by atoms with van der Waals surface area (Å²) in [6.45, 7) is -0.0145. The van der Waals surface area contributed by atoms with Crippen molar-refractivity contribution in [3.05, 3.63) is 30.3 Å². The van der Waals surface area contributed by atoms with Crippen LogP contribution in [0.15, 0.2) is 30.3 Å². The molecule has 0 aromatic heterocycles. The van der Waals surface area contributed by atoms with Gasteiger partial charge in [-0.15, -0.1) is 0 Å². The smallest absolute Gasteiger partial charge is 0.324 e. The number of ether oxygens (including phenoxy) is 1. The summed E-state index contributed by atoms with van der Waals surface area (Å²) in [6, 6.07) is 7.98. The van der Waals surface area contributed by atoms with Gasteiger partial charge in [-0.25, -0.2) is 0 Å². The minimum absolute atomic E-state index is 0.0145. The third-order valence-electron chi connectivity index (χ3n) is 1.49. The Labute approximate surface area is 75.9 Å². The fraction of sp³-hybridized carbons (Fsp3) is 0.222.